The van der Waals surface area contributed by atoms with Crippen LogP contribution in [-0.4, -0.2) is 12.3 Å². The van der Waals surface area contributed by atoms with Crippen molar-refractivity contribution in [3.8, 4) is 0 Å². The number of hydrogen-bond donors (Lipinski definition) is 1. The highest BCUT2D eigenvalue weighted by atomic mass is 16.1. The number of ketones is 1. The van der Waals surface area contributed by atoms with Gasteiger partial charge in [-0.25, -0.2) is 0 Å². The monoisotopic (exact) mass is 169 g/mol. The first-order chi connectivity index (χ1) is 5.58. The Labute approximate surface area is 74.5 Å². The molecule has 0 bridgehead atoms. The molecule has 0 heterocycles. The smallest absolute Gasteiger partial charge is 0.142 e. The maximum atomic E-state index is 11.8. The fourth-order valence-electron chi connectivity index (χ4n) is 1.84. The zero-order chi connectivity index (χ0) is 9.19. The van der Waals surface area contributed by atoms with Gasteiger partial charge in [0.05, 0.1) is 0 Å². The highest BCUT2D eigenvalue weighted by Crippen LogP contribution is 2.31. The van der Waals surface area contributed by atoms with E-state index in [1.54, 1.807) is 0 Å². The summed E-state index contributed by atoms with van der Waals surface area (Å²) in [6.07, 6.45) is 4.61. The Balaban J connectivity index is 2.56. The fourth-order valence-corrected chi connectivity index (χ4v) is 1.84. The highest BCUT2D eigenvalue weighted by Gasteiger charge is 2.33. The summed E-state index contributed by atoms with van der Waals surface area (Å²) in [4.78, 5) is 11.8. The molecule has 0 spiro atoms. The Bertz CT molecular complexity index is 169. The lowest BCUT2D eigenvalue weighted by Crippen LogP contribution is -2.36. The lowest BCUT2D eigenvalue weighted by Gasteiger charge is -2.24. The van der Waals surface area contributed by atoms with Crippen LogP contribution in [-0.2, 0) is 4.79 Å². The standard InChI is InChI=1S/C10H19NO/c1-10(2,7-11)9(12)8-5-3-4-6-8/h8H,3-7,11H2,1-2H3. The molecule has 1 fully saturated rings. The van der Waals surface area contributed by atoms with Gasteiger partial charge in [-0.05, 0) is 12.8 Å². The van der Waals surface area contributed by atoms with Crippen molar-refractivity contribution in [1.29, 1.82) is 0 Å². The molecule has 12 heavy (non-hydrogen) atoms. The Morgan fingerprint density at radius 1 is 1.42 bits per heavy atom. The maximum Gasteiger partial charge on any atom is 0.142 e. The molecule has 0 saturated heterocycles. The second kappa shape index (κ2) is 3.56. The average Bonchev–Trinajstić information content (AvgIpc) is 2.55. The van der Waals surface area contributed by atoms with E-state index in [9.17, 15) is 4.79 Å². The molecule has 0 aromatic heterocycles. The van der Waals surface area contributed by atoms with Gasteiger partial charge in [-0.3, -0.25) is 4.79 Å². The van der Waals surface area contributed by atoms with Gasteiger partial charge in [0, 0.05) is 17.9 Å². The molecular weight excluding hydrogens is 150 g/mol. The summed E-state index contributed by atoms with van der Waals surface area (Å²) in [5.41, 5.74) is 5.26. The van der Waals surface area contributed by atoms with Crippen molar-refractivity contribution in [2.75, 3.05) is 6.54 Å². The van der Waals surface area contributed by atoms with Gasteiger partial charge in [-0.15, -0.1) is 0 Å². The van der Waals surface area contributed by atoms with E-state index in [-0.39, 0.29) is 5.41 Å². The Morgan fingerprint density at radius 2 is 1.92 bits per heavy atom. The zero-order valence-corrected chi connectivity index (χ0v) is 8.10. The molecule has 0 amide bonds. The van der Waals surface area contributed by atoms with Crippen LogP contribution in [0.1, 0.15) is 39.5 Å². The molecule has 0 aromatic carbocycles. The van der Waals surface area contributed by atoms with Crippen molar-refractivity contribution in [2.45, 2.75) is 39.5 Å². The quantitative estimate of drug-likeness (QED) is 0.699. The molecule has 0 atom stereocenters. The van der Waals surface area contributed by atoms with Gasteiger partial charge in [0.25, 0.3) is 0 Å². The summed E-state index contributed by atoms with van der Waals surface area (Å²) in [6, 6.07) is 0. The maximum absolute atomic E-state index is 11.8. The van der Waals surface area contributed by atoms with Crippen molar-refractivity contribution >= 4 is 5.78 Å². The second-order valence-corrected chi connectivity index (χ2v) is 4.43. The van der Waals surface area contributed by atoms with Gasteiger partial charge < -0.3 is 5.73 Å². The summed E-state index contributed by atoms with van der Waals surface area (Å²) >= 11 is 0. The number of nitrogens with two attached hydrogens (primary N) is 1. The van der Waals surface area contributed by atoms with E-state index < -0.39 is 0 Å². The lowest BCUT2D eigenvalue weighted by molar-refractivity contribution is -0.130. The minimum atomic E-state index is -0.297. The molecule has 2 N–H and O–H groups in total. The van der Waals surface area contributed by atoms with E-state index in [1.165, 1.54) is 12.8 Å². The van der Waals surface area contributed by atoms with Gasteiger partial charge in [0.2, 0.25) is 0 Å². The minimum absolute atomic E-state index is 0.297. The van der Waals surface area contributed by atoms with E-state index >= 15 is 0 Å². The predicted octanol–water partition coefficient (Wildman–Crippen LogP) is 1.73. The summed E-state index contributed by atoms with van der Waals surface area (Å²) < 4.78 is 0. The number of Topliss-reactive ketones (excluding diaryl/α,β-unsaturated/α-hetero) is 1. The molecule has 1 rings (SSSR count). The number of rotatable bonds is 3. The van der Waals surface area contributed by atoms with Gasteiger partial charge in [0.15, 0.2) is 0 Å². The zero-order valence-electron chi connectivity index (χ0n) is 8.10. The van der Waals surface area contributed by atoms with E-state index in [2.05, 4.69) is 0 Å². The van der Waals surface area contributed by atoms with Crippen LogP contribution in [0, 0.1) is 11.3 Å². The van der Waals surface area contributed by atoms with Gasteiger partial charge >= 0.3 is 0 Å². The molecule has 2 heteroatoms. The van der Waals surface area contributed by atoms with E-state index in [0.717, 1.165) is 12.8 Å². The fraction of sp³-hybridized carbons (Fsp3) is 0.900. The number of carbonyl (C=O) groups is 1. The molecule has 0 unspecified atom stereocenters. The summed E-state index contributed by atoms with van der Waals surface area (Å²) in [5, 5.41) is 0. The van der Waals surface area contributed by atoms with Crippen LogP contribution in [0.15, 0.2) is 0 Å². The molecule has 1 aliphatic rings. The topological polar surface area (TPSA) is 43.1 Å². The van der Waals surface area contributed by atoms with Crippen molar-refractivity contribution in [3.63, 3.8) is 0 Å². The van der Waals surface area contributed by atoms with E-state index in [0.29, 0.717) is 18.2 Å². The molecular formula is C10H19NO. The number of carbonyl (C=O) groups excluding carboxylic acids is 1. The van der Waals surface area contributed by atoms with Crippen LogP contribution in [0.2, 0.25) is 0 Å². The lowest BCUT2D eigenvalue weighted by atomic mass is 9.80. The Kier molecular flexibility index (Phi) is 2.89. The third kappa shape index (κ3) is 1.86. The van der Waals surface area contributed by atoms with Crippen molar-refractivity contribution in [1.82, 2.24) is 0 Å². The minimum Gasteiger partial charge on any atom is -0.329 e. The largest absolute Gasteiger partial charge is 0.329 e. The molecule has 70 valence electrons. The average molecular weight is 169 g/mol. The third-order valence-corrected chi connectivity index (χ3v) is 2.90. The van der Waals surface area contributed by atoms with E-state index in [4.69, 9.17) is 5.73 Å². The first-order valence-corrected chi connectivity index (χ1v) is 4.82. The van der Waals surface area contributed by atoms with Crippen LogP contribution in [0.25, 0.3) is 0 Å². The Morgan fingerprint density at radius 3 is 2.33 bits per heavy atom. The van der Waals surface area contributed by atoms with Crippen molar-refractivity contribution in [3.05, 3.63) is 0 Å². The molecule has 0 aliphatic heterocycles. The predicted molar refractivity (Wildman–Crippen MR) is 49.8 cm³/mol. The SMILES string of the molecule is CC(C)(CN)C(=O)C1CCCC1. The van der Waals surface area contributed by atoms with Crippen LogP contribution < -0.4 is 5.73 Å². The normalized spacial score (nSPS) is 19.9. The first kappa shape index (κ1) is 9.72. The molecule has 1 aliphatic carbocycles. The molecule has 0 aromatic rings. The van der Waals surface area contributed by atoms with Gasteiger partial charge in [-0.1, -0.05) is 26.7 Å². The van der Waals surface area contributed by atoms with Crippen LogP contribution in [0.4, 0.5) is 0 Å². The van der Waals surface area contributed by atoms with Gasteiger partial charge in [0.1, 0.15) is 5.78 Å². The highest BCUT2D eigenvalue weighted by molar-refractivity contribution is 5.86. The second-order valence-electron chi connectivity index (χ2n) is 4.43. The van der Waals surface area contributed by atoms with Crippen molar-refractivity contribution in [2.24, 2.45) is 17.1 Å². The summed E-state index contributed by atoms with van der Waals surface area (Å²) in [5.74, 6) is 0.686. The van der Waals surface area contributed by atoms with Gasteiger partial charge in [-0.2, -0.15) is 0 Å². The van der Waals surface area contributed by atoms with E-state index in [1.807, 2.05) is 13.8 Å². The van der Waals surface area contributed by atoms with Crippen molar-refractivity contribution < 1.29 is 4.79 Å². The Hall–Kier alpha value is -0.370. The number of hydrogen-bond acceptors (Lipinski definition) is 2. The van der Waals surface area contributed by atoms with Crippen LogP contribution in [0.5, 0.6) is 0 Å². The molecule has 2 nitrogen and oxygen atoms in total. The third-order valence-electron chi connectivity index (χ3n) is 2.90. The van der Waals surface area contributed by atoms with Crippen LogP contribution >= 0.6 is 0 Å². The summed E-state index contributed by atoms with van der Waals surface area (Å²) in [6.45, 7) is 4.38. The molecule has 1 saturated carbocycles. The summed E-state index contributed by atoms with van der Waals surface area (Å²) in [7, 11) is 0. The van der Waals surface area contributed by atoms with Crippen LogP contribution in [0.3, 0.4) is 0 Å². The molecule has 0 radical (unpaired) electrons. The first-order valence-electron chi connectivity index (χ1n) is 4.82.